The predicted molar refractivity (Wildman–Crippen MR) is 81.0 cm³/mol. The Labute approximate surface area is 123 Å². The quantitative estimate of drug-likeness (QED) is 0.891. The molecule has 0 spiro atoms. The van der Waals surface area contributed by atoms with E-state index >= 15 is 0 Å². The Morgan fingerprint density at radius 2 is 2.05 bits per heavy atom. The molecule has 0 radical (unpaired) electrons. The Kier molecular flexibility index (Phi) is 5.03. The van der Waals surface area contributed by atoms with E-state index in [0.717, 1.165) is 32.2 Å². The first kappa shape index (κ1) is 15.0. The van der Waals surface area contributed by atoms with Gasteiger partial charge in [-0.3, -0.25) is 0 Å². The smallest absolute Gasteiger partial charge is 0.183 e. The molecule has 0 bridgehead atoms. The van der Waals surface area contributed by atoms with Crippen LogP contribution in [0.3, 0.4) is 0 Å². The molecule has 1 aromatic rings. The van der Waals surface area contributed by atoms with Crippen LogP contribution in [0, 0.1) is 0 Å². The summed E-state index contributed by atoms with van der Waals surface area (Å²) in [5.74, 6) is 0. The van der Waals surface area contributed by atoms with Gasteiger partial charge in [0.15, 0.2) is 9.84 Å². The predicted octanol–water partition coefficient (Wildman–Crippen LogP) is 3.14. The van der Waals surface area contributed by atoms with E-state index in [1.807, 2.05) is 6.07 Å². The molecule has 1 saturated carbocycles. The lowest BCUT2D eigenvalue weighted by molar-refractivity contribution is 0.504. The third-order valence-electron chi connectivity index (χ3n) is 3.65. The van der Waals surface area contributed by atoms with Crippen LogP contribution < -0.4 is 5.32 Å². The van der Waals surface area contributed by atoms with Gasteiger partial charge in [0.1, 0.15) is 0 Å². The molecule has 2 atom stereocenters. The zero-order chi connectivity index (χ0) is 13.9. The Balaban J connectivity index is 2.26. The summed E-state index contributed by atoms with van der Waals surface area (Å²) in [6, 6.07) is 7.19. The van der Waals surface area contributed by atoms with Gasteiger partial charge in [0.05, 0.1) is 10.1 Å². The lowest BCUT2D eigenvalue weighted by atomic mass is 10.2. The van der Waals surface area contributed by atoms with Gasteiger partial charge in [0, 0.05) is 10.5 Å². The minimum Gasteiger partial charge on any atom is -0.313 e. The van der Waals surface area contributed by atoms with Crippen LogP contribution >= 0.6 is 15.9 Å². The molecule has 1 aliphatic carbocycles. The first-order chi connectivity index (χ1) is 9.07. The van der Waals surface area contributed by atoms with Gasteiger partial charge in [-0.05, 0) is 53.9 Å². The zero-order valence-electron chi connectivity index (χ0n) is 11.1. The highest BCUT2D eigenvalue weighted by molar-refractivity contribution is 9.10. The minimum absolute atomic E-state index is 0.0945. The summed E-state index contributed by atoms with van der Waals surface area (Å²) in [6.07, 6.45) is 3.72. The molecule has 0 heterocycles. The fourth-order valence-corrected chi connectivity index (χ4v) is 5.74. The first-order valence-corrected chi connectivity index (χ1v) is 9.13. The second kappa shape index (κ2) is 6.37. The molecule has 5 heteroatoms. The van der Waals surface area contributed by atoms with E-state index in [1.54, 1.807) is 18.2 Å². The second-order valence-electron chi connectivity index (χ2n) is 5.01. The molecule has 0 aliphatic heterocycles. The van der Waals surface area contributed by atoms with Crippen molar-refractivity contribution in [3.63, 3.8) is 0 Å². The van der Waals surface area contributed by atoms with Crippen LogP contribution in [0.25, 0.3) is 0 Å². The second-order valence-corrected chi connectivity index (χ2v) is 8.00. The van der Waals surface area contributed by atoms with Gasteiger partial charge in [-0.15, -0.1) is 0 Å². The molecule has 2 unspecified atom stereocenters. The van der Waals surface area contributed by atoms with Crippen molar-refractivity contribution in [3.05, 3.63) is 28.7 Å². The van der Waals surface area contributed by atoms with Crippen molar-refractivity contribution >= 4 is 25.8 Å². The number of nitrogens with one attached hydrogen (secondary N) is 1. The van der Waals surface area contributed by atoms with Gasteiger partial charge in [-0.25, -0.2) is 8.42 Å². The van der Waals surface area contributed by atoms with E-state index in [0.29, 0.717) is 9.37 Å². The standard InChI is InChI=1S/C14H20BrNO2S/c1-2-10-16-12-7-5-9-14(12)19(17,18)13-8-4-3-6-11(13)15/h3-4,6,8,12,14,16H,2,5,7,9-10H2,1H3. The Bertz CT molecular complexity index is 530. The molecule has 0 saturated heterocycles. The molecule has 2 rings (SSSR count). The summed E-state index contributed by atoms with van der Waals surface area (Å²) in [5.41, 5.74) is 0. The lowest BCUT2D eigenvalue weighted by Crippen LogP contribution is -2.40. The van der Waals surface area contributed by atoms with Crippen molar-refractivity contribution in [1.82, 2.24) is 5.32 Å². The molecule has 106 valence electrons. The number of halogens is 1. The lowest BCUT2D eigenvalue weighted by Gasteiger charge is -2.21. The summed E-state index contributed by atoms with van der Waals surface area (Å²) in [5, 5.41) is 3.09. The van der Waals surface area contributed by atoms with Crippen molar-refractivity contribution < 1.29 is 8.42 Å². The molecule has 19 heavy (non-hydrogen) atoms. The molecule has 0 aromatic heterocycles. The summed E-state index contributed by atoms with van der Waals surface area (Å²) in [6.45, 7) is 2.98. The minimum atomic E-state index is -3.26. The van der Waals surface area contributed by atoms with Crippen molar-refractivity contribution in [3.8, 4) is 0 Å². The van der Waals surface area contributed by atoms with Crippen LogP contribution in [0.5, 0.6) is 0 Å². The zero-order valence-corrected chi connectivity index (χ0v) is 13.5. The van der Waals surface area contributed by atoms with Gasteiger partial charge in [0.25, 0.3) is 0 Å². The monoisotopic (exact) mass is 345 g/mol. The molecule has 3 nitrogen and oxygen atoms in total. The molecule has 1 N–H and O–H groups in total. The van der Waals surface area contributed by atoms with Crippen LogP contribution in [0.2, 0.25) is 0 Å². The normalized spacial score (nSPS) is 23.7. The number of hydrogen-bond donors (Lipinski definition) is 1. The van der Waals surface area contributed by atoms with E-state index in [2.05, 4.69) is 28.2 Å². The first-order valence-electron chi connectivity index (χ1n) is 6.79. The Morgan fingerprint density at radius 3 is 2.74 bits per heavy atom. The average Bonchev–Trinajstić information content (AvgIpc) is 2.85. The summed E-state index contributed by atoms with van der Waals surface area (Å²) >= 11 is 3.35. The van der Waals surface area contributed by atoms with Crippen molar-refractivity contribution in [2.45, 2.75) is 48.8 Å². The van der Waals surface area contributed by atoms with Gasteiger partial charge in [-0.1, -0.05) is 25.5 Å². The highest BCUT2D eigenvalue weighted by Gasteiger charge is 2.38. The SMILES string of the molecule is CCCNC1CCCC1S(=O)(=O)c1ccccc1Br. The fourth-order valence-electron chi connectivity index (χ4n) is 2.70. The number of benzene rings is 1. The average molecular weight is 346 g/mol. The highest BCUT2D eigenvalue weighted by Crippen LogP contribution is 2.33. The molecular formula is C14H20BrNO2S. The van der Waals surface area contributed by atoms with E-state index in [4.69, 9.17) is 0 Å². The van der Waals surface area contributed by atoms with Gasteiger partial charge >= 0.3 is 0 Å². The van der Waals surface area contributed by atoms with Crippen molar-refractivity contribution in [1.29, 1.82) is 0 Å². The molecule has 1 aromatic carbocycles. The third-order valence-corrected chi connectivity index (χ3v) is 6.94. The van der Waals surface area contributed by atoms with Crippen LogP contribution in [0.4, 0.5) is 0 Å². The van der Waals surface area contributed by atoms with Crippen molar-refractivity contribution in [2.75, 3.05) is 6.54 Å². The van der Waals surface area contributed by atoms with Crippen LogP contribution in [0.15, 0.2) is 33.6 Å². The summed E-state index contributed by atoms with van der Waals surface area (Å²) in [4.78, 5) is 0.421. The van der Waals surface area contributed by atoms with E-state index < -0.39 is 9.84 Å². The van der Waals surface area contributed by atoms with Gasteiger partial charge < -0.3 is 5.32 Å². The van der Waals surface area contributed by atoms with Crippen molar-refractivity contribution in [2.24, 2.45) is 0 Å². The summed E-state index contributed by atoms with van der Waals surface area (Å²) < 4.78 is 26.2. The van der Waals surface area contributed by atoms with Crippen LogP contribution in [-0.4, -0.2) is 26.3 Å². The van der Waals surface area contributed by atoms with E-state index in [-0.39, 0.29) is 11.3 Å². The largest absolute Gasteiger partial charge is 0.313 e. The maximum Gasteiger partial charge on any atom is 0.183 e. The third kappa shape index (κ3) is 3.20. The van der Waals surface area contributed by atoms with E-state index in [1.165, 1.54) is 0 Å². The number of hydrogen-bond acceptors (Lipinski definition) is 3. The number of sulfone groups is 1. The number of rotatable bonds is 5. The van der Waals surface area contributed by atoms with E-state index in [9.17, 15) is 8.42 Å². The van der Waals surface area contributed by atoms with Gasteiger partial charge in [0.2, 0.25) is 0 Å². The Hall–Kier alpha value is -0.390. The molecule has 1 fully saturated rings. The molecular weight excluding hydrogens is 326 g/mol. The highest BCUT2D eigenvalue weighted by atomic mass is 79.9. The maximum absolute atomic E-state index is 12.8. The van der Waals surface area contributed by atoms with Crippen LogP contribution in [0.1, 0.15) is 32.6 Å². The molecule has 1 aliphatic rings. The van der Waals surface area contributed by atoms with Crippen LogP contribution in [-0.2, 0) is 9.84 Å². The van der Waals surface area contributed by atoms with Gasteiger partial charge in [-0.2, -0.15) is 0 Å². The fraction of sp³-hybridized carbons (Fsp3) is 0.571. The summed E-state index contributed by atoms with van der Waals surface area (Å²) in [7, 11) is -3.26. The maximum atomic E-state index is 12.8. The topological polar surface area (TPSA) is 46.2 Å². The Morgan fingerprint density at radius 1 is 1.32 bits per heavy atom. The molecule has 0 amide bonds.